The molecule has 10 heteroatoms. The molecule has 5 rings (SSSR count). The predicted octanol–water partition coefficient (Wildman–Crippen LogP) is 4.00. The van der Waals surface area contributed by atoms with Crippen LogP contribution in [0, 0.1) is 0 Å². The van der Waals surface area contributed by atoms with Gasteiger partial charge in [-0.2, -0.15) is 5.10 Å². The van der Waals surface area contributed by atoms with Crippen LogP contribution in [0.25, 0.3) is 16.2 Å². The van der Waals surface area contributed by atoms with Crippen molar-refractivity contribution in [3.63, 3.8) is 0 Å². The van der Waals surface area contributed by atoms with E-state index in [1.54, 1.807) is 33.1 Å². The van der Waals surface area contributed by atoms with Crippen molar-refractivity contribution < 1.29 is 4.79 Å². The second kappa shape index (κ2) is 7.69. The van der Waals surface area contributed by atoms with Crippen molar-refractivity contribution in [1.82, 2.24) is 29.4 Å². The van der Waals surface area contributed by atoms with Gasteiger partial charge in [-0.3, -0.25) is 10.1 Å². The van der Waals surface area contributed by atoms with Crippen LogP contribution in [-0.4, -0.2) is 35.3 Å². The third kappa shape index (κ3) is 3.56. The predicted molar refractivity (Wildman–Crippen MR) is 115 cm³/mol. The molecule has 1 N–H and O–H groups in total. The van der Waals surface area contributed by atoms with E-state index in [0.29, 0.717) is 22.8 Å². The molecule has 30 heavy (non-hydrogen) atoms. The maximum absolute atomic E-state index is 12.8. The second-order valence-electron chi connectivity index (χ2n) is 6.45. The zero-order valence-electron chi connectivity index (χ0n) is 15.4. The summed E-state index contributed by atoms with van der Waals surface area (Å²) < 4.78 is 3.30. The van der Waals surface area contributed by atoms with Gasteiger partial charge >= 0.3 is 0 Å². The Kier molecular flexibility index (Phi) is 4.74. The molecule has 0 radical (unpaired) electrons. The van der Waals surface area contributed by atoms with Crippen LogP contribution < -0.4 is 5.32 Å². The summed E-state index contributed by atoms with van der Waals surface area (Å²) >= 11 is 7.51. The highest BCUT2D eigenvalue weighted by Crippen LogP contribution is 2.25. The summed E-state index contributed by atoms with van der Waals surface area (Å²) in [6, 6.07) is 13.3. The molecule has 5 aromatic rings. The van der Waals surface area contributed by atoms with E-state index in [0.717, 1.165) is 16.1 Å². The first-order chi connectivity index (χ1) is 14.7. The average molecular weight is 436 g/mol. The van der Waals surface area contributed by atoms with E-state index >= 15 is 0 Å². The minimum absolute atomic E-state index is 0.211. The average Bonchev–Trinajstić information content (AvgIpc) is 3.50. The maximum Gasteiger partial charge on any atom is 0.263 e. The number of carbonyl (C=O) groups excluding carboxylic acids is 1. The van der Waals surface area contributed by atoms with Crippen LogP contribution >= 0.6 is 22.9 Å². The Morgan fingerprint density at radius 2 is 2.00 bits per heavy atom. The summed E-state index contributed by atoms with van der Waals surface area (Å²) in [6.07, 6.45) is 4.73. The Balaban J connectivity index is 1.36. The summed E-state index contributed by atoms with van der Waals surface area (Å²) in [5, 5.41) is 14.0. The molecule has 0 bridgehead atoms. The molecule has 148 valence electrons. The smallest absolute Gasteiger partial charge is 0.263 e. The van der Waals surface area contributed by atoms with Gasteiger partial charge < -0.3 is 0 Å². The number of aromatic nitrogens is 6. The topological polar surface area (TPSA) is 90.0 Å². The molecule has 0 saturated carbocycles. The van der Waals surface area contributed by atoms with Crippen LogP contribution in [0.15, 0.2) is 66.6 Å². The van der Waals surface area contributed by atoms with E-state index in [1.165, 1.54) is 6.20 Å². The second-order valence-corrected chi connectivity index (χ2v) is 7.83. The number of rotatable bonds is 5. The number of benzene rings is 1. The van der Waals surface area contributed by atoms with E-state index in [9.17, 15) is 4.79 Å². The van der Waals surface area contributed by atoms with Crippen LogP contribution in [-0.2, 0) is 6.54 Å². The molecule has 0 unspecified atom stereocenters. The quantitative estimate of drug-likeness (QED) is 0.450. The molecule has 1 aromatic carbocycles. The van der Waals surface area contributed by atoms with Gasteiger partial charge in [0.1, 0.15) is 11.9 Å². The van der Waals surface area contributed by atoms with Gasteiger partial charge in [0, 0.05) is 11.2 Å². The molecule has 0 atom stereocenters. The fourth-order valence-electron chi connectivity index (χ4n) is 3.04. The number of hydrogen-bond donors (Lipinski definition) is 1. The van der Waals surface area contributed by atoms with Gasteiger partial charge in [0.2, 0.25) is 5.95 Å². The molecule has 4 aromatic heterocycles. The van der Waals surface area contributed by atoms with Crippen LogP contribution in [0.1, 0.15) is 15.9 Å². The summed E-state index contributed by atoms with van der Waals surface area (Å²) in [7, 11) is 0. The normalized spacial score (nSPS) is 11.1. The summed E-state index contributed by atoms with van der Waals surface area (Å²) in [4.78, 5) is 22.3. The number of fused-ring (bicyclic) bond motifs is 1. The van der Waals surface area contributed by atoms with E-state index in [2.05, 4.69) is 25.5 Å². The maximum atomic E-state index is 12.8. The summed E-state index contributed by atoms with van der Waals surface area (Å²) in [6.45, 7) is 0.516. The molecule has 1 amide bonds. The van der Waals surface area contributed by atoms with Crippen LogP contribution in [0.5, 0.6) is 0 Å². The van der Waals surface area contributed by atoms with Crippen molar-refractivity contribution in [3.05, 3.63) is 82.7 Å². The fourth-order valence-corrected chi connectivity index (χ4v) is 3.90. The van der Waals surface area contributed by atoms with E-state index < -0.39 is 0 Å². The largest absolute Gasteiger partial charge is 0.289 e. The zero-order chi connectivity index (χ0) is 20.5. The standard InChI is InChI=1S/C20H14ClN7OS/c21-14-5-3-13(4-6-14)11-27-12-23-20(26-27)25-19(29)15-10-24-28-16(7-8-22-18(15)28)17-2-1-9-30-17/h1-10,12H,11H2,(H,25,26,29). The number of nitrogens with one attached hydrogen (secondary N) is 1. The number of amides is 1. The van der Waals surface area contributed by atoms with Crippen molar-refractivity contribution >= 4 is 40.4 Å². The molecule has 0 saturated heterocycles. The van der Waals surface area contributed by atoms with Crippen molar-refractivity contribution in [3.8, 4) is 10.6 Å². The van der Waals surface area contributed by atoms with Crippen molar-refractivity contribution in [2.45, 2.75) is 6.54 Å². The number of carbonyl (C=O) groups is 1. The van der Waals surface area contributed by atoms with Crippen LogP contribution in [0.2, 0.25) is 5.02 Å². The molecule has 4 heterocycles. The number of anilines is 1. The van der Waals surface area contributed by atoms with E-state index in [4.69, 9.17) is 11.6 Å². The van der Waals surface area contributed by atoms with Crippen molar-refractivity contribution in [2.24, 2.45) is 0 Å². The molecule has 0 fully saturated rings. The minimum Gasteiger partial charge on any atom is -0.289 e. The monoisotopic (exact) mass is 435 g/mol. The lowest BCUT2D eigenvalue weighted by molar-refractivity contribution is 0.102. The highest BCUT2D eigenvalue weighted by molar-refractivity contribution is 7.13. The van der Waals surface area contributed by atoms with Crippen LogP contribution in [0.4, 0.5) is 5.95 Å². The zero-order valence-corrected chi connectivity index (χ0v) is 17.0. The lowest BCUT2D eigenvalue weighted by atomic mass is 10.2. The van der Waals surface area contributed by atoms with Gasteiger partial charge in [-0.15, -0.1) is 16.4 Å². The molecule has 0 aliphatic carbocycles. The SMILES string of the molecule is O=C(Nc1ncn(Cc2ccc(Cl)cc2)n1)c1cnn2c(-c3cccs3)ccnc12. The molecular formula is C20H14ClN7OS. The first-order valence-corrected chi connectivity index (χ1v) is 10.2. The number of nitrogens with zero attached hydrogens (tertiary/aromatic N) is 6. The van der Waals surface area contributed by atoms with Gasteiger partial charge in [0.25, 0.3) is 5.91 Å². The molecule has 0 spiro atoms. The number of hydrogen-bond acceptors (Lipinski definition) is 6. The third-order valence-corrected chi connectivity index (χ3v) is 5.58. The third-order valence-electron chi connectivity index (χ3n) is 4.44. The Bertz CT molecular complexity index is 1330. The summed E-state index contributed by atoms with van der Waals surface area (Å²) in [5.74, 6) is -0.159. The van der Waals surface area contributed by atoms with Crippen LogP contribution in [0.3, 0.4) is 0 Å². The molecule has 0 aliphatic heterocycles. The first-order valence-electron chi connectivity index (χ1n) is 8.99. The Morgan fingerprint density at radius 3 is 2.80 bits per heavy atom. The lowest BCUT2D eigenvalue weighted by Crippen LogP contribution is -2.13. The summed E-state index contributed by atoms with van der Waals surface area (Å²) in [5.41, 5.74) is 2.72. The van der Waals surface area contributed by atoms with Gasteiger partial charge in [-0.25, -0.2) is 19.2 Å². The Hall–Kier alpha value is -3.56. The van der Waals surface area contributed by atoms with Crippen molar-refractivity contribution in [1.29, 1.82) is 0 Å². The highest BCUT2D eigenvalue weighted by Gasteiger charge is 2.18. The van der Waals surface area contributed by atoms with Gasteiger partial charge in [0.05, 0.1) is 23.3 Å². The van der Waals surface area contributed by atoms with Gasteiger partial charge in [-0.05, 0) is 35.2 Å². The molecule has 0 aliphatic rings. The highest BCUT2D eigenvalue weighted by atomic mass is 35.5. The molecular weight excluding hydrogens is 422 g/mol. The first kappa shape index (κ1) is 18.5. The van der Waals surface area contributed by atoms with E-state index in [1.807, 2.05) is 47.8 Å². The van der Waals surface area contributed by atoms with E-state index in [-0.39, 0.29) is 11.9 Å². The number of thiophene rings is 1. The number of halogens is 1. The molecule has 8 nitrogen and oxygen atoms in total. The van der Waals surface area contributed by atoms with Gasteiger partial charge in [-0.1, -0.05) is 29.8 Å². The Morgan fingerprint density at radius 1 is 1.13 bits per heavy atom. The van der Waals surface area contributed by atoms with Gasteiger partial charge in [0.15, 0.2) is 5.65 Å². The lowest BCUT2D eigenvalue weighted by Gasteiger charge is -2.03. The minimum atomic E-state index is -0.370. The van der Waals surface area contributed by atoms with Crippen molar-refractivity contribution in [2.75, 3.05) is 5.32 Å². The fraction of sp³-hybridized carbons (Fsp3) is 0.0500. The Labute approximate surface area is 179 Å².